The van der Waals surface area contributed by atoms with E-state index in [9.17, 15) is 0 Å². The van der Waals surface area contributed by atoms with Gasteiger partial charge in [0.1, 0.15) is 0 Å². The Balaban J connectivity index is 1.88. The lowest BCUT2D eigenvalue weighted by Gasteiger charge is -2.24. The van der Waals surface area contributed by atoms with Gasteiger partial charge in [-0.1, -0.05) is 24.3 Å². The highest BCUT2D eigenvalue weighted by Gasteiger charge is 2.22. The molecule has 3 heterocycles. The summed E-state index contributed by atoms with van der Waals surface area (Å²) in [7, 11) is 2.20. The number of rotatable bonds is 2. The van der Waals surface area contributed by atoms with Gasteiger partial charge in [0.25, 0.3) is 0 Å². The van der Waals surface area contributed by atoms with Crippen molar-refractivity contribution in [2.24, 2.45) is 0 Å². The molecule has 0 radical (unpaired) electrons. The quantitative estimate of drug-likeness (QED) is 0.718. The van der Waals surface area contributed by atoms with Crippen LogP contribution >= 0.6 is 0 Å². The standard InChI is InChI=1S/C18H19N3/c1-20-11-9-18-16(13-20)15-7-2-3-8-17(15)21(18)12-14-6-4-5-10-19-14/h2-8,10H,9,11-13H2,1H3. The highest BCUT2D eigenvalue weighted by atomic mass is 15.1. The van der Waals surface area contributed by atoms with Gasteiger partial charge in [0.15, 0.2) is 0 Å². The fraction of sp³-hybridized carbons (Fsp3) is 0.278. The van der Waals surface area contributed by atoms with Gasteiger partial charge < -0.3 is 9.47 Å². The van der Waals surface area contributed by atoms with Crippen molar-refractivity contribution in [2.75, 3.05) is 13.6 Å². The van der Waals surface area contributed by atoms with Crippen LogP contribution in [0, 0.1) is 0 Å². The minimum atomic E-state index is 0.862. The molecule has 0 fully saturated rings. The van der Waals surface area contributed by atoms with Crippen molar-refractivity contribution >= 4 is 10.9 Å². The number of hydrogen-bond acceptors (Lipinski definition) is 2. The van der Waals surface area contributed by atoms with Crippen molar-refractivity contribution in [3.05, 3.63) is 65.6 Å². The van der Waals surface area contributed by atoms with E-state index in [1.807, 2.05) is 12.3 Å². The SMILES string of the molecule is CN1CCc2c(c3ccccc3n2Cc2ccccn2)C1. The first-order valence-corrected chi connectivity index (χ1v) is 7.50. The molecule has 21 heavy (non-hydrogen) atoms. The molecule has 1 aliphatic heterocycles. The van der Waals surface area contributed by atoms with Crippen LogP contribution < -0.4 is 0 Å². The summed E-state index contributed by atoms with van der Waals surface area (Å²) in [6, 6.07) is 14.9. The van der Waals surface area contributed by atoms with Gasteiger partial charge in [-0.05, 0) is 30.8 Å². The number of benzene rings is 1. The van der Waals surface area contributed by atoms with E-state index >= 15 is 0 Å². The molecule has 0 saturated carbocycles. The molecule has 106 valence electrons. The average Bonchev–Trinajstić information content (AvgIpc) is 2.82. The Morgan fingerprint density at radius 3 is 2.81 bits per heavy atom. The zero-order valence-corrected chi connectivity index (χ0v) is 12.3. The molecule has 0 spiro atoms. The molecule has 1 aliphatic rings. The third-order valence-corrected chi connectivity index (χ3v) is 4.40. The van der Waals surface area contributed by atoms with Crippen molar-refractivity contribution in [2.45, 2.75) is 19.5 Å². The van der Waals surface area contributed by atoms with Gasteiger partial charge in [0.2, 0.25) is 0 Å². The van der Waals surface area contributed by atoms with Crippen LogP contribution in [0.1, 0.15) is 17.0 Å². The van der Waals surface area contributed by atoms with Crippen molar-refractivity contribution < 1.29 is 0 Å². The molecule has 2 aromatic heterocycles. The number of para-hydroxylation sites is 1. The topological polar surface area (TPSA) is 21.1 Å². The average molecular weight is 277 g/mol. The summed E-state index contributed by atoms with van der Waals surface area (Å²) in [6.45, 7) is 3.04. The van der Waals surface area contributed by atoms with Gasteiger partial charge in [-0.15, -0.1) is 0 Å². The lowest BCUT2D eigenvalue weighted by molar-refractivity contribution is 0.310. The summed E-state index contributed by atoms with van der Waals surface area (Å²) in [5.74, 6) is 0. The van der Waals surface area contributed by atoms with E-state index in [0.717, 1.165) is 31.7 Å². The molecule has 0 amide bonds. The summed E-state index contributed by atoms with van der Waals surface area (Å²) >= 11 is 0. The van der Waals surface area contributed by atoms with Crippen molar-refractivity contribution in [3.63, 3.8) is 0 Å². The largest absolute Gasteiger partial charge is 0.338 e. The molecule has 0 aliphatic carbocycles. The number of hydrogen-bond donors (Lipinski definition) is 0. The zero-order chi connectivity index (χ0) is 14.2. The molecular formula is C18H19N3. The van der Waals surface area contributed by atoms with E-state index in [1.165, 1.54) is 22.2 Å². The zero-order valence-electron chi connectivity index (χ0n) is 12.3. The van der Waals surface area contributed by atoms with Crippen LogP contribution in [0.25, 0.3) is 10.9 Å². The second-order valence-corrected chi connectivity index (χ2v) is 5.84. The number of likely N-dealkylation sites (N-methyl/N-ethyl adjacent to an activating group) is 1. The first-order valence-electron chi connectivity index (χ1n) is 7.50. The van der Waals surface area contributed by atoms with Crippen molar-refractivity contribution in [1.82, 2.24) is 14.5 Å². The maximum Gasteiger partial charge on any atom is 0.0651 e. The Morgan fingerprint density at radius 1 is 1.10 bits per heavy atom. The summed E-state index contributed by atoms with van der Waals surface area (Å²) in [6.07, 6.45) is 2.99. The summed E-state index contributed by atoms with van der Waals surface area (Å²) in [5.41, 5.74) is 5.44. The molecule has 3 nitrogen and oxygen atoms in total. The lowest BCUT2D eigenvalue weighted by Crippen LogP contribution is -2.27. The number of fused-ring (bicyclic) bond motifs is 3. The minimum absolute atomic E-state index is 0.862. The predicted molar refractivity (Wildman–Crippen MR) is 85.3 cm³/mol. The molecule has 0 unspecified atom stereocenters. The molecule has 0 atom stereocenters. The molecule has 4 rings (SSSR count). The van der Waals surface area contributed by atoms with Crippen LogP contribution in [0.15, 0.2) is 48.7 Å². The van der Waals surface area contributed by atoms with Crippen LogP contribution in [-0.2, 0) is 19.5 Å². The van der Waals surface area contributed by atoms with Gasteiger partial charge in [0, 0.05) is 42.3 Å². The Labute approximate surface area is 124 Å². The monoisotopic (exact) mass is 277 g/mol. The fourth-order valence-corrected chi connectivity index (χ4v) is 3.37. The second-order valence-electron chi connectivity index (χ2n) is 5.84. The van der Waals surface area contributed by atoms with Crippen LogP contribution in [-0.4, -0.2) is 28.0 Å². The van der Waals surface area contributed by atoms with Crippen LogP contribution in [0.4, 0.5) is 0 Å². The van der Waals surface area contributed by atoms with E-state index < -0.39 is 0 Å². The summed E-state index contributed by atoms with van der Waals surface area (Å²) in [5, 5.41) is 1.40. The second kappa shape index (κ2) is 5.01. The van der Waals surface area contributed by atoms with Crippen molar-refractivity contribution in [1.29, 1.82) is 0 Å². The molecular weight excluding hydrogens is 258 g/mol. The first kappa shape index (κ1) is 12.6. The maximum atomic E-state index is 4.49. The molecule has 3 heteroatoms. The summed E-state index contributed by atoms with van der Waals surface area (Å²) < 4.78 is 2.46. The molecule has 3 aromatic rings. The van der Waals surface area contributed by atoms with Gasteiger partial charge >= 0.3 is 0 Å². The maximum absolute atomic E-state index is 4.49. The summed E-state index contributed by atoms with van der Waals surface area (Å²) in [4.78, 5) is 6.90. The van der Waals surface area contributed by atoms with Gasteiger partial charge in [-0.25, -0.2) is 0 Å². The smallest absolute Gasteiger partial charge is 0.0651 e. The van der Waals surface area contributed by atoms with Gasteiger partial charge in [-0.3, -0.25) is 4.98 Å². The Hall–Kier alpha value is -2.13. The highest BCUT2D eigenvalue weighted by Crippen LogP contribution is 2.30. The lowest BCUT2D eigenvalue weighted by atomic mass is 10.1. The van der Waals surface area contributed by atoms with Crippen LogP contribution in [0.3, 0.4) is 0 Å². The van der Waals surface area contributed by atoms with Crippen LogP contribution in [0.5, 0.6) is 0 Å². The third kappa shape index (κ3) is 2.14. The molecule has 1 aromatic carbocycles. The molecule has 0 bridgehead atoms. The van der Waals surface area contributed by atoms with E-state index in [-0.39, 0.29) is 0 Å². The van der Waals surface area contributed by atoms with Gasteiger partial charge in [-0.2, -0.15) is 0 Å². The number of nitrogens with zero attached hydrogens (tertiary/aromatic N) is 3. The normalized spacial score (nSPS) is 15.3. The first-order chi connectivity index (χ1) is 10.3. The van der Waals surface area contributed by atoms with E-state index in [1.54, 1.807) is 0 Å². The van der Waals surface area contributed by atoms with E-state index in [4.69, 9.17) is 0 Å². The van der Waals surface area contributed by atoms with Crippen LogP contribution in [0.2, 0.25) is 0 Å². The van der Waals surface area contributed by atoms with Gasteiger partial charge in [0.05, 0.1) is 12.2 Å². The Kier molecular flexibility index (Phi) is 3.00. The third-order valence-electron chi connectivity index (χ3n) is 4.40. The Bertz CT molecular complexity index is 774. The van der Waals surface area contributed by atoms with Crippen molar-refractivity contribution in [3.8, 4) is 0 Å². The van der Waals surface area contributed by atoms with E-state index in [2.05, 4.69) is 57.9 Å². The van der Waals surface area contributed by atoms with E-state index in [0.29, 0.717) is 0 Å². The number of pyridine rings is 1. The molecule has 0 N–H and O–H groups in total. The Morgan fingerprint density at radius 2 is 1.95 bits per heavy atom. The minimum Gasteiger partial charge on any atom is -0.338 e. The fourth-order valence-electron chi connectivity index (χ4n) is 3.37. The predicted octanol–water partition coefficient (Wildman–Crippen LogP) is 3.07. The number of aromatic nitrogens is 2. The highest BCUT2D eigenvalue weighted by molar-refractivity contribution is 5.85. The molecule has 0 saturated heterocycles.